The molecule has 0 radical (unpaired) electrons. The van der Waals surface area contributed by atoms with Gasteiger partial charge in [0.1, 0.15) is 6.33 Å². The second-order valence-corrected chi connectivity index (χ2v) is 5.84. The van der Waals surface area contributed by atoms with Crippen LogP contribution < -0.4 is 5.32 Å². The maximum absolute atomic E-state index is 4.30. The lowest BCUT2D eigenvalue weighted by Crippen LogP contribution is -2.28. The third-order valence-electron chi connectivity index (χ3n) is 3.36. The standard InChI is InChI=1S/C14H18N4S/c1-18-10-16-14(17-18)6-7-15-13-9-19-8-11-4-2-3-5-12(11)13/h2-5,10,13,15H,6-9H2,1H3. The van der Waals surface area contributed by atoms with E-state index in [1.54, 1.807) is 11.0 Å². The highest BCUT2D eigenvalue weighted by molar-refractivity contribution is 7.98. The molecular weight excluding hydrogens is 256 g/mol. The highest BCUT2D eigenvalue weighted by atomic mass is 32.2. The number of thioether (sulfide) groups is 1. The second-order valence-electron chi connectivity index (χ2n) is 4.81. The van der Waals surface area contributed by atoms with Gasteiger partial charge in [0.15, 0.2) is 5.82 Å². The average molecular weight is 274 g/mol. The summed E-state index contributed by atoms with van der Waals surface area (Å²) in [7, 11) is 1.90. The van der Waals surface area contributed by atoms with Gasteiger partial charge >= 0.3 is 0 Å². The molecule has 19 heavy (non-hydrogen) atoms. The number of hydrogen-bond acceptors (Lipinski definition) is 4. The Labute approximate surface area is 117 Å². The van der Waals surface area contributed by atoms with E-state index >= 15 is 0 Å². The largest absolute Gasteiger partial charge is 0.309 e. The van der Waals surface area contributed by atoms with Crippen LogP contribution in [0.15, 0.2) is 30.6 Å². The van der Waals surface area contributed by atoms with Gasteiger partial charge in [-0.05, 0) is 11.1 Å². The Hall–Kier alpha value is -1.33. The molecule has 1 unspecified atom stereocenters. The summed E-state index contributed by atoms with van der Waals surface area (Å²) in [6.45, 7) is 0.920. The highest BCUT2D eigenvalue weighted by Gasteiger charge is 2.19. The summed E-state index contributed by atoms with van der Waals surface area (Å²) in [5.41, 5.74) is 2.92. The third kappa shape index (κ3) is 2.98. The van der Waals surface area contributed by atoms with Crippen molar-refractivity contribution in [2.45, 2.75) is 18.2 Å². The molecule has 1 aromatic heterocycles. The Balaban J connectivity index is 1.59. The monoisotopic (exact) mass is 274 g/mol. The molecule has 0 amide bonds. The minimum atomic E-state index is 0.457. The van der Waals surface area contributed by atoms with Crippen molar-refractivity contribution < 1.29 is 0 Å². The first-order chi connectivity index (χ1) is 9.33. The molecule has 0 spiro atoms. The van der Waals surface area contributed by atoms with Crippen molar-refractivity contribution in [3.63, 3.8) is 0 Å². The molecule has 1 aromatic carbocycles. The van der Waals surface area contributed by atoms with Gasteiger partial charge in [0.2, 0.25) is 0 Å². The summed E-state index contributed by atoms with van der Waals surface area (Å²) in [6, 6.07) is 9.18. The average Bonchev–Trinajstić information content (AvgIpc) is 2.85. The number of benzene rings is 1. The van der Waals surface area contributed by atoms with Gasteiger partial charge in [-0.3, -0.25) is 4.68 Å². The second kappa shape index (κ2) is 5.75. The first-order valence-electron chi connectivity index (χ1n) is 6.56. The van der Waals surface area contributed by atoms with Crippen LogP contribution in [-0.4, -0.2) is 27.1 Å². The van der Waals surface area contributed by atoms with E-state index in [4.69, 9.17) is 0 Å². The molecule has 100 valence electrons. The molecule has 0 bridgehead atoms. The van der Waals surface area contributed by atoms with Crippen LogP contribution in [0.1, 0.15) is 23.0 Å². The fourth-order valence-corrected chi connectivity index (χ4v) is 3.54. The number of nitrogens with zero attached hydrogens (tertiary/aromatic N) is 3. The fourth-order valence-electron chi connectivity index (χ4n) is 2.41. The van der Waals surface area contributed by atoms with Crippen LogP contribution in [0.3, 0.4) is 0 Å². The lowest BCUT2D eigenvalue weighted by Gasteiger charge is -2.26. The van der Waals surface area contributed by atoms with E-state index in [0.29, 0.717) is 6.04 Å². The SMILES string of the molecule is Cn1cnc(CCNC2CSCc3ccccc32)n1. The maximum atomic E-state index is 4.30. The van der Waals surface area contributed by atoms with Gasteiger partial charge in [0.25, 0.3) is 0 Å². The van der Waals surface area contributed by atoms with Crippen LogP contribution in [-0.2, 0) is 19.2 Å². The van der Waals surface area contributed by atoms with Crippen LogP contribution in [0.4, 0.5) is 0 Å². The van der Waals surface area contributed by atoms with E-state index in [1.165, 1.54) is 11.1 Å². The zero-order chi connectivity index (χ0) is 13.1. The first-order valence-corrected chi connectivity index (χ1v) is 7.72. The summed E-state index contributed by atoms with van der Waals surface area (Å²) < 4.78 is 1.75. The van der Waals surface area contributed by atoms with Crippen molar-refractivity contribution in [3.8, 4) is 0 Å². The molecule has 0 saturated heterocycles. The molecule has 0 fully saturated rings. The van der Waals surface area contributed by atoms with Gasteiger partial charge in [-0.15, -0.1) is 0 Å². The summed E-state index contributed by atoms with van der Waals surface area (Å²) in [6.07, 6.45) is 2.63. The lowest BCUT2D eigenvalue weighted by molar-refractivity contribution is 0.569. The number of rotatable bonds is 4. The van der Waals surface area contributed by atoms with E-state index in [0.717, 1.165) is 30.3 Å². The molecule has 5 heteroatoms. The van der Waals surface area contributed by atoms with Crippen LogP contribution in [0.25, 0.3) is 0 Å². The van der Waals surface area contributed by atoms with Gasteiger partial charge in [0, 0.05) is 37.6 Å². The quantitative estimate of drug-likeness (QED) is 0.925. The summed E-state index contributed by atoms with van der Waals surface area (Å²) in [4.78, 5) is 4.25. The molecule has 3 rings (SSSR count). The Bertz CT molecular complexity index is 552. The Morgan fingerprint density at radius 1 is 1.42 bits per heavy atom. The van der Waals surface area contributed by atoms with Crippen molar-refractivity contribution in [2.24, 2.45) is 7.05 Å². The molecule has 1 N–H and O–H groups in total. The number of aryl methyl sites for hydroxylation is 1. The third-order valence-corrected chi connectivity index (χ3v) is 4.44. The normalized spacial score (nSPS) is 18.3. The van der Waals surface area contributed by atoms with Gasteiger partial charge in [-0.1, -0.05) is 24.3 Å². The molecule has 2 aromatic rings. The minimum Gasteiger partial charge on any atom is -0.309 e. The van der Waals surface area contributed by atoms with Crippen molar-refractivity contribution in [2.75, 3.05) is 12.3 Å². The highest BCUT2D eigenvalue weighted by Crippen LogP contribution is 2.31. The predicted octanol–water partition coefficient (Wildman–Crippen LogP) is 1.94. The van der Waals surface area contributed by atoms with Crippen molar-refractivity contribution >= 4 is 11.8 Å². The molecule has 1 aliphatic heterocycles. The number of aromatic nitrogens is 3. The molecular formula is C14H18N4S. The predicted molar refractivity (Wildman–Crippen MR) is 78.1 cm³/mol. The molecule has 0 saturated carbocycles. The van der Waals surface area contributed by atoms with Crippen molar-refractivity contribution in [1.82, 2.24) is 20.1 Å². The minimum absolute atomic E-state index is 0.457. The van der Waals surface area contributed by atoms with Gasteiger partial charge in [0.05, 0.1) is 0 Å². The van der Waals surface area contributed by atoms with Gasteiger partial charge in [-0.25, -0.2) is 4.98 Å². The zero-order valence-electron chi connectivity index (χ0n) is 11.0. The van der Waals surface area contributed by atoms with Crippen molar-refractivity contribution in [1.29, 1.82) is 0 Å². The maximum Gasteiger partial charge on any atom is 0.151 e. The van der Waals surface area contributed by atoms with E-state index in [-0.39, 0.29) is 0 Å². The summed E-state index contributed by atoms with van der Waals surface area (Å²) in [5, 5.41) is 7.92. The Kier molecular flexibility index (Phi) is 3.84. The van der Waals surface area contributed by atoms with Crippen LogP contribution in [0.2, 0.25) is 0 Å². The molecule has 1 atom stereocenters. The van der Waals surface area contributed by atoms with E-state index in [9.17, 15) is 0 Å². The molecule has 0 aliphatic carbocycles. The summed E-state index contributed by atoms with van der Waals surface area (Å²) in [5.74, 6) is 3.19. The number of hydrogen-bond donors (Lipinski definition) is 1. The van der Waals surface area contributed by atoms with Crippen LogP contribution in [0, 0.1) is 0 Å². The zero-order valence-corrected chi connectivity index (χ0v) is 11.9. The Morgan fingerprint density at radius 3 is 3.16 bits per heavy atom. The van der Waals surface area contributed by atoms with E-state index in [1.807, 2.05) is 18.8 Å². The molecule has 4 nitrogen and oxygen atoms in total. The first kappa shape index (κ1) is 12.7. The summed E-state index contributed by atoms with van der Waals surface area (Å²) >= 11 is 2.00. The molecule has 2 heterocycles. The Morgan fingerprint density at radius 2 is 2.32 bits per heavy atom. The van der Waals surface area contributed by atoms with Crippen LogP contribution in [0.5, 0.6) is 0 Å². The molecule has 1 aliphatic rings. The van der Waals surface area contributed by atoms with E-state index in [2.05, 4.69) is 39.7 Å². The lowest BCUT2D eigenvalue weighted by atomic mass is 10.0. The van der Waals surface area contributed by atoms with Crippen LogP contribution >= 0.6 is 11.8 Å². The number of nitrogens with one attached hydrogen (secondary N) is 1. The van der Waals surface area contributed by atoms with E-state index < -0.39 is 0 Å². The van der Waals surface area contributed by atoms with Crippen molar-refractivity contribution in [3.05, 3.63) is 47.5 Å². The fraction of sp³-hybridized carbons (Fsp3) is 0.429. The van der Waals surface area contributed by atoms with Gasteiger partial charge < -0.3 is 5.32 Å². The topological polar surface area (TPSA) is 42.7 Å². The van der Waals surface area contributed by atoms with Gasteiger partial charge in [-0.2, -0.15) is 16.9 Å². The number of fused-ring (bicyclic) bond motifs is 1. The smallest absolute Gasteiger partial charge is 0.151 e.